The number of unbranched alkanes of at least 4 members (excludes halogenated alkanes) is 21. The van der Waals surface area contributed by atoms with Gasteiger partial charge >= 0.3 is 17.9 Å². The Morgan fingerprint density at radius 1 is 0.292 bits per heavy atom. The van der Waals surface area contributed by atoms with Crippen LogP contribution in [-0.4, -0.2) is 37.2 Å². The number of hydrogen-bond acceptors (Lipinski definition) is 6. The summed E-state index contributed by atoms with van der Waals surface area (Å²) in [6, 6.07) is 0. The number of hydrogen-bond donors (Lipinski definition) is 0. The van der Waals surface area contributed by atoms with Gasteiger partial charge in [0.25, 0.3) is 0 Å². The number of allylic oxidation sites excluding steroid dienone is 20. The van der Waals surface area contributed by atoms with Crippen LogP contribution in [0, 0.1) is 0 Å². The molecule has 0 amide bonds. The van der Waals surface area contributed by atoms with Gasteiger partial charge in [-0.05, 0) is 116 Å². The Morgan fingerprint density at radius 3 is 0.875 bits per heavy atom. The van der Waals surface area contributed by atoms with E-state index < -0.39 is 6.10 Å². The molecular weight excluding hydrogens is 889 g/mol. The number of carbonyl (C=O) groups is 3. The maximum absolute atomic E-state index is 12.8. The van der Waals surface area contributed by atoms with E-state index in [1.54, 1.807) is 0 Å². The third-order valence-corrected chi connectivity index (χ3v) is 12.2. The third kappa shape index (κ3) is 56.7. The molecule has 0 radical (unpaired) electrons. The Labute approximate surface area is 443 Å². The van der Waals surface area contributed by atoms with Gasteiger partial charge in [0.05, 0.1) is 0 Å². The van der Waals surface area contributed by atoms with Crippen molar-refractivity contribution in [1.29, 1.82) is 0 Å². The molecule has 0 saturated heterocycles. The molecule has 6 heteroatoms. The molecule has 0 rings (SSSR count). The van der Waals surface area contributed by atoms with Crippen LogP contribution in [0.1, 0.15) is 258 Å². The minimum Gasteiger partial charge on any atom is -0.462 e. The van der Waals surface area contributed by atoms with Gasteiger partial charge in [0, 0.05) is 19.3 Å². The van der Waals surface area contributed by atoms with Gasteiger partial charge in [-0.3, -0.25) is 14.4 Å². The summed E-state index contributed by atoms with van der Waals surface area (Å²) in [5.41, 5.74) is 0. The first kappa shape index (κ1) is 67.8. The molecule has 0 spiro atoms. The van der Waals surface area contributed by atoms with E-state index in [1.165, 1.54) is 83.5 Å². The Hall–Kier alpha value is -4.19. The fraction of sp³-hybridized carbons (Fsp3) is 0.652. The first-order chi connectivity index (χ1) is 35.5. The Kier molecular flexibility index (Phi) is 55.9. The first-order valence-corrected chi connectivity index (χ1v) is 29.5. The summed E-state index contributed by atoms with van der Waals surface area (Å²) < 4.78 is 16.7. The molecule has 408 valence electrons. The highest BCUT2D eigenvalue weighted by atomic mass is 16.6. The molecule has 0 bridgehead atoms. The lowest BCUT2D eigenvalue weighted by atomic mass is 10.1. The quantitative estimate of drug-likeness (QED) is 0.0261. The smallest absolute Gasteiger partial charge is 0.306 e. The van der Waals surface area contributed by atoms with Crippen molar-refractivity contribution in [3.05, 3.63) is 122 Å². The minimum atomic E-state index is -0.790. The van der Waals surface area contributed by atoms with Crippen molar-refractivity contribution in [3.8, 4) is 0 Å². The fourth-order valence-electron chi connectivity index (χ4n) is 7.78. The standard InChI is InChI=1S/C66H108O6/c1-4-7-10-13-16-18-20-22-24-26-28-29-30-31-32-33-34-35-36-37-39-40-42-44-46-48-50-53-56-59-65(68)71-62-63(61-70-64(67)58-55-52-15-12-9-6-3)72-66(69)60-57-54-51-49-47-45-43-41-38-27-25-23-21-19-17-14-11-8-5-2/h7,10,16-19,22-25,28-29,31-32,34-35,37-39,41,63H,4-6,8-9,11-15,20-21,26-27,30,33,36,40,42-62H2,1-3H3/b10-7-,18-16-,19-17-,24-22-,25-23-,29-28-,32-31-,35-34-,39-37-,41-38-. The van der Waals surface area contributed by atoms with E-state index in [0.717, 1.165) is 135 Å². The topological polar surface area (TPSA) is 78.9 Å². The van der Waals surface area contributed by atoms with Gasteiger partial charge < -0.3 is 14.2 Å². The van der Waals surface area contributed by atoms with Crippen LogP contribution in [0.2, 0.25) is 0 Å². The zero-order chi connectivity index (χ0) is 52.2. The van der Waals surface area contributed by atoms with E-state index in [1.807, 2.05) is 0 Å². The molecular formula is C66H108O6. The summed E-state index contributed by atoms with van der Waals surface area (Å²) in [7, 11) is 0. The molecule has 0 aliphatic carbocycles. The van der Waals surface area contributed by atoms with E-state index in [2.05, 4.69) is 142 Å². The second kappa shape index (κ2) is 59.4. The van der Waals surface area contributed by atoms with Crippen LogP contribution in [0.3, 0.4) is 0 Å². The Morgan fingerprint density at radius 2 is 0.542 bits per heavy atom. The third-order valence-electron chi connectivity index (χ3n) is 12.2. The Bertz CT molecular complexity index is 1520. The average Bonchev–Trinajstić information content (AvgIpc) is 3.38. The van der Waals surface area contributed by atoms with Crippen LogP contribution < -0.4 is 0 Å². The molecule has 0 aromatic carbocycles. The largest absolute Gasteiger partial charge is 0.462 e. The van der Waals surface area contributed by atoms with Gasteiger partial charge in [0.1, 0.15) is 13.2 Å². The van der Waals surface area contributed by atoms with Crippen molar-refractivity contribution >= 4 is 17.9 Å². The van der Waals surface area contributed by atoms with Crippen LogP contribution >= 0.6 is 0 Å². The van der Waals surface area contributed by atoms with Crippen LogP contribution in [-0.2, 0) is 28.6 Å². The predicted molar refractivity (Wildman–Crippen MR) is 311 cm³/mol. The number of ether oxygens (including phenoxy) is 3. The van der Waals surface area contributed by atoms with Crippen LogP contribution in [0.5, 0.6) is 0 Å². The van der Waals surface area contributed by atoms with E-state index in [-0.39, 0.29) is 31.1 Å². The monoisotopic (exact) mass is 997 g/mol. The molecule has 0 heterocycles. The lowest BCUT2D eigenvalue weighted by Gasteiger charge is -2.18. The van der Waals surface area contributed by atoms with Crippen LogP contribution in [0.15, 0.2) is 122 Å². The second-order valence-electron chi connectivity index (χ2n) is 19.2. The summed E-state index contributed by atoms with van der Waals surface area (Å²) in [4.78, 5) is 37.9. The summed E-state index contributed by atoms with van der Waals surface area (Å²) >= 11 is 0. The van der Waals surface area contributed by atoms with Crippen molar-refractivity contribution in [1.82, 2.24) is 0 Å². The van der Waals surface area contributed by atoms with Gasteiger partial charge in [0.15, 0.2) is 6.10 Å². The van der Waals surface area contributed by atoms with Gasteiger partial charge in [-0.15, -0.1) is 0 Å². The summed E-state index contributed by atoms with van der Waals surface area (Å²) in [6.45, 7) is 6.41. The summed E-state index contributed by atoms with van der Waals surface area (Å²) in [6.07, 6.45) is 82.2. The highest BCUT2D eigenvalue weighted by Gasteiger charge is 2.19. The predicted octanol–water partition coefficient (Wildman–Crippen LogP) is 20.0. The molecule has 0 aliphatic heterocycles. The molecule has 72 heavy (non-hydrogen) atoms. The number of esters is 3. The highest BCUT2D eigenvalue weighted by Crippen LogP contribution is 2.14. The van der Waals surface area contributed by atoms with Crippen LogP contribution in [0.4, 0.5) is 0 Å². The molecule has 0 aromatic rings. The molecule has 1 atom stereocenters. The molecule has 0 saturated carbocycles. The zero-order valence-corrected chi connectivity index (χ0v) is 46.7. The average molecular weight is 998 g/mol. The highest BCUT2D eigenvalue weighted by molar-refractivity contribution is 5.71. The van der Waals surface area contributed by atoms with Crippen molar-refractivity contribution in [3.63, 3.8) is 0 Å². The normalized spacial score (nSPS) is 13.0. The maximum atomic E-state index is 12.8. The molecule has 0 aromatic heterocycles. The fourth-order valence-corrected chi connectivity index (χ4v) is 7.78. The van der Waals surface area contributed by atoms with E-state index in [9.17, 15) is 14.4 Å². The van der Waals surface area contributed by atoms with Crippen molar-refractivity contribution < 1.29 is 28.6 Å². The van der Waals surface area contributed by atoms with Gasteiger partial charge in [-0.25, -0.2) is 0 Å². The number of rotatable bonds is 52. The van der Waals surface area contributed by atoms with Crippen molar-refractivity contribution in [2.45, 2.75) is 264 Å². The van der Waals surface area contributed by atoms with E-state index in [4.69, 9.17) is 14.2 Å². The first-order valence-electron chi connectivity index (χ1n) is 29.5. The van der Waals surface area contributed by atoms with Crippen molar-refractivity contribution in [2.75, 3.05) is 13.2 Å². The molecule has 6 nitrogen and oxygen atoms in total. The van der Waals surface area contributed by atoms with Gasteiger partial charge in [-0.2, -0.15) is 0 Å². The van der Waals surface area contributed by atoms with Gasteiger partial charge in [0.2, 0.25) is 0 Å². The van der Waals surface area contributed by atoms with E-state index in [0.29, 0.717) is 19.3 Å². The van der Waals surface area contributed by atoms with Crippen LogP contribution in [0.25, 0.3) is 0 Å². The molecule has 0 aliphatic rings. The maximum Gasteiger partial charge on any atom is 0.306 e. The molecule has 1 unspecified atom stereocenters. The SMILES string of the molecule is CC/C=C\C/C=C\C/C=C\C/C=C\C/C=C\C/C=C\C/C=C\CCCCCCCCCC(=O)OCC(COC(=O)CCCCCCCC)OC(=O)CCCCCCCC/C=C\C/C=C\C/C=C\CCCCC. The lowest BCUT2D eigenvalue weighted by Crippen LogP contribution is -2.30. The Balaban J connectivity index is 4.20. The van der Waals surface area contributed by atoms with Crippen molar-refractivity contribution in [2.24, 2.45) is 0 Å². The zero-order valence-electron chi connectivity index (χ0n) is 46.7. The summed E-state index contributed by atoms with van der Waals surface area (Å²) in [5, 5.41) is 0. The van der Waals surface area contributed by atoms with Gasteiger partial charge in [-0.1, -0.05) is 245 Å². The van der Waals surface area contributed by atoms with E-state index >= 15 is 0 Å². The summed E-state index contributed by atoms with van der Waals surface area (Å²) in [5.74, 6) is -0.925. The number of carbonyl (C=O) groups excluding carboxylic acids is 3. The molecule has 0 fully saturated rings. The molecule has 0 N–H and O–H groups in total. The lowest BCUT2D eigenvalue weighted by molar-refractivity contribution is -0.167. The second-order valence-corrected chi connectivity index (χ2v) is 19.2. The minimum absolute atomic E-state index is 0.0891.